The maximum atomic E-state index is 12.2. The van der Waals surface area contributed by atoms with Crippen molar-refractivity contribution in [2.75, 3.05) is 0 Å². The van der Waals surface area contributed by atoms with Crippen molar-refractivity contribution in [1.29, 1.82) is 0 Å². The van der Waals surface area contributed by atoms with Crippen LogP contribution in [-0.2, 0) is 6.18 Å². The Morgan fingerprint density at radius 2 is 2.12 bits per heavy atom. The third kappa shape index (κ3) is 3.75. The topological polar surface area (TPSA) is 33.1 Å². The van der Waals surface area contributed by atoms with Crippen molar-refractivity contribution in [2.24, 2.45) is 0 Å². The number of thiazole rings is 1. The smallest absolute Gasteiger partial charge is 0.388 e. The Bertz CT molecular complexity index is 324. The molecule has 0 amide bonds. The lowest BCUT2D eigenvalue weighted by Gasteiger charge is -2.06. The van der Waals surface area contributed by atoms with Crippen LogP contribution in [0.15, 0.2) is 6.20 Å². The fourth-order valence-corrected chi connectivity index (χ4v) is 2.11. The molecular weight excluding hydrogens is 239 g/mol. The predicted molar refractivity (Wildman–Crippen MR) is 56.2 cm³/mol. The standard InChI is InChI=1S/C10H14F3NOS/c1-2-3-4-5-7(15)8-6-14-9(16-8)10(11,12)13/h6-7,15H,2-5H2,1H3. The summed E-state index contributed by atoms with van der Waals surface area (Å²) < 4.78 is 36.7. The molecule has 16 heavy (non-hydrogen) atoms. The van der Waals surface area contributed by atoms with Crippen molar-refractivity contribution in [3.8, 4) is 0 Å². The summed E-state index contributed by atoms with van der Waals surface area (Å²) >= 11 is 0.520. The van der Waals surface area contributed by atoms with E-state index in [1.165, 1.54) is 0 Å². The Balaban J connectivity index is 2.56. The van der Waals surface area contributed by atoms with E-state index >= 15 is 0 Å². The van der Waals surface area contributed by atoms with E-state index in [1.54, 1.807) is 0 Å². The highest BCUT2D eigenvalue weighted by Crippen LogP contribution is 2.35. The van der Waals surface area contributed by atoms with Gasteiger partial charge in [-0.05, 0) is 6.42 Å². The molecule has 0 aromatic carbocycles. The second-order valence-electron chi connectivity index (χ2n) is 3.58. The number of nitrogens with zero attached hydrogens (tertiary/aromatic N) is 1. The largest absolute Gasteiger partial charge is 0.443 e. The van der Waals surface area contributed by atoms with E-state index in [4.69, 9.17) is 0 Å². The van der Waals surface area contributed by atoms with Crippen LogP contribution in [0.3, 0.4) is 0 Å². The van der Waals surface area contributed by atoms with Crippen molar-refractivity contribution in [3.05, 3.63) is 16.1 Å². The van der Waals surface area contributed by atoms with Crippen LogP contribution in [0.25, 0.3) is 0 Å². The Morgan fingerprint density at radius 3 is 2.62 bits per heavy atom. The molecule has 1 rings (SSSR count). The van der Waals surface area contributed by atoms with E-state index < -0.39 is 17.3 Å². The maximum Gasteiger partial charge on any atom is 0.443 e. The van der Waals surface area contributed by atoms with Gasteiger partial charge in [-0.1, -0.05) is 26.2 Å². The number of rotatable bonds is 5. The summed E-state index contributed by atoms with van der Waals surface area (Å²) in [5.41, 5.74) is 0. The Kier molecular flexibility index (Phi) is 4.73. The molecule has 0 aliphatic carbocycles. The minimum absolute atomic E-state index is 0.295. The Hall–Kier alpha value is -0.620. The highest BCUT2D eigenvalue weighted by molar-refractivity contribution is 7.11. The summed E-state index contributed by atoms with van der Waals surface area (Å²) in [6, 6.07) is 0. The second kappa shape index (κ2) is 5.63. The molecule has 1 unspecified atom stereocenters. The summed E-state index contributed by atoms with van der Waals surface area (Å²) in [6.07, 6.45) is -0.814. The number of unbranched alkanes of at least 4 members (excludes halogenated alkanes) is 2. The molecule has 1 aromatic heterocycles. The van der Waals surface area contributed by atoms with Gasteiger partial charge in [0, 0.05) is 6.20 Å². The van der Waals surface area contributed by atoms with Crippen LogP contribution in [-0.4, -0.2) is 10.1 Å². The van der Waals surface area contributed by atoms with Crippen LogP contribution in [0.4, 0.5) is 13.2 Å². The first-order chi connectivity index (χ1) is 7.45. The summed E-state index contributed by atoms with van der Waals surface area (Å²) in [5.74, 6) is 0. The maximum absolute atomic E-state index is 12.2. The first kappa shape index (κ1) is 13.4. The molecule has 0 fully saturated rings. The lowest BCUT2D eigenvalue weighted by molar-refractivity contribution is -0.137. The lowest BCUT2D eigenvalue weighted by Crippen LogP contribution is -2.03. The molecule has 1 atom stereocenters. The molecule has 1 aromatic rings. The summed E-state index contributed by atoms with van der Waals surface area (Å²) in [7, 11) is 0. The zero-order chi connectivity index (χ0) is 12.2. The van der Waals surface area contributed by atoms with E-state index in [2.05, 4.69) is 4.98 Å². The normalized spacial score (nSPS) is 14.1. The van der Waals surface area contributed by atoms with Crippen LogP contribution in [0.1, 0.15) is 48.6 Å². The molecule has 0 radical (unpaired) electrons. The average molecular weight is 253 g/mol. The predicted octanol–water partition coefficient (Wildman–Crippen LogP) is 3.78. The molecular formula is C10H14F3NOS. The zero-order valence-electron chi connectivity index (χ0n) is 8.92. The fraction of sp³-hybridized carbons (Fsp3) is 0.700. The molecule has 1 heterocycles. The number of alkyl halides is 3. The molecule has 0 saturated heterocycles. The number of aromatic nitrogens is 1. The number of aliphatic hydroxyl groups excluding tert-OH is 1. The van der Waals surface area contributed by atoms with Crippen molar-refractivity contribution in [2.45, 2.75) is 44.9 Å². The monoisotopic (exact) mass is 253 g/mol. The van der Waals surface area contributed by atoms with Gasteiger partial charge in [0.2, 0.25) is 0 Å². The minimum atomic E-state index is -4.41. The van der Waals surface area contributed by atoms with Crippen LogP contribution in [0.5, 0.6) is 0 Å². The van der Waals surface area contributed by atoms with Gasteiger partial charge < -0.3 is 5.11 Å². The SMILES string of the molecule is CCCCCC(O)c1cnc(C(F)(F)F)s1. The molecule has 6 heteroatoms. The van der Waals surface area contributed by atoms with Gasteiger partial charge in [-0.3, -0.25) is 0 Å². The molecule has 0 aliphatic rings. The van der Waals surface area contributed by atoms with Gasteiger partial charge in [-0.15, -0.1) is 11.3 Å². The molecule has 0 aliphatic heterocycles. The third-order valence-corrected chi connectivity index (χ3v) is 3.32. The van der Waals surface area contributed by atoms with Gasteiger partial charge >= 0.3 is 6.18 Å². The van der Waals surface area contributed by atoms with Gasteiger partial charge in [0.25, 0.3) is 0 Å². The molecule has 2 nitrogen and oxygen atoms in total. The van der Waals surface area contributed by atoms with Crippen molar-refractivity contribution in [3.63, 3.8) is 0 Å². The molecule has 0 saturated carbocycles. The lowest BCUT2D eigenvalue weighted by atomic mass is 10.1. The van der Waals surface area contributed by atoms with Gasteiger partial charge in [-0.25, -0.2) is 4.98 Å². The van der Waals surface area contributed by atoms with E-state index in [0.29, 0.717) is 22.6 Å². The highest BCUT2D eigenvalue weighted by Gasteiger charge is 2.35. The molecule has 1 N–H and O–H groups in total. The average Bonchev–Trinajstić information content (AvgIpc) is 2.66. The highest BCUT2D eigenvalue weighted by atomic mass is 32.1. The van der Waals surface area contributed by atoms with Crippen LogP contribution >= 0.6 is 11.3 Å². The Labute approximate surface area is 96.1 Å². The van der Waals surface area contributed by atoms with Crippen LogP contribution < -0.4 is 0 Å². The fourth-order valence-electron chi connectivity index (χ4n) is 1.30. The Morgan fingerprint density at radius 1 is 1.44 bits per heavy atom. The molecule has 92 valence electrons. The first-order valence-electron chi connectivity index (χ1n) is 5.16. The zero-order valence-corrected chi connectivity index (χ0v) is 9.74. The minimum Gasteiger partial charge on any atom is -0.388 e. The quantitative estimate of drug-likeness (QED) is 0.810. The van der Waals surface area contributed by atoms with Gasteiger partial charge in [0.15, 0.2) is 5.01 Å². The summed E-state index contributed by atoms with van der Waals surface area (Å²) in [4.78, 5) is 3.57. The molecule has 0 bridgehead atoms. The summed E-state index contributed by atoms with van der Waals surface area (Å²) in [6.45, 7) is 2.03. The van der Waals surface area contributed by atoms with Crippen molar-refractivity contribution >= 4 is 11.3 Å². The van der Waals surface area contributed by atoms with Crippen LogP contribution in [0, 0.1) is 0 Å². The number of halogens is 3. The number of hydrogen-bond donors (Lipinski definition) is 1. The van der Waals surface area contributed by atoms with Crippen molar-refractivity contribution < 1.29 is 18.3 Å². The third-order valence-electron chi connectivity index (χ3n) is 2.18. The van der Waals surface area contributed by atoms with Gasteiger partial charge in [-0.2, -0.15) is 13.2 Å². The van der Waals surface area contributed by atoms with E-state index in [9.17, 15) is 18.3 Å². The van der Waals surface area contributed by atoms with E-state index in [1.807, 2.05) is 6.92 Å². The number of hydrogen-bond acceptors (Lipinski definition) is 3. The summed E-state index contributed by atoms with van der Waals surface area (Å²) in [5, 5.41) is 8.74. The van der Waals surface area contributed by atoms with Gasteiger partial charge in [0.1, 0.15) is 0 Å². The van der Waals surface area contributed by atoms with Crippen molar-refractivity contribution in [1.82, 2.24) is 4.98 Å². The van der Waals surface area contributed by atoms with Crippen LogP contribution in [0.2, 0.25) is 0 Å². The molecule has 0 spiro atoms. The van der Waals surface area contributed by atoms with Gasteiger partial charge in [0.05, 0.1) is 11.0 Å². The van der Waals surface area contributed by atoms with E-state index in [-0.39, 0.29) is 0 Å². The van der Waals surface area contributed by atoms with E-state index in [0.717, 1.165) is 25.5 Å². The number of aliphatic hydroxyl groups is 1. The first-order valence-corrected chi connectivity index (χ1v) is 5.97. The second-order valence-corrected chi connectivity index (χ2v) is 4.64.